The zero-order valence-corrected chi connectivity index (χ0v) is 15.8. The van der Waals surface area contributed by atoms with Crippen molar-refractivity contribution in [1.29, 1.82) is 0 Å². The van der Waals surface area contributed by atoms with Crippen molar-refractivity contribution in [2.24, 2.45) is 11.7 Å². The number of carbonyl (C=O) groups is 2. The van der Waals surface area contributed by atoms with Gasteiger partial charge in [0, 0.05) is 48.0 Å². The van der Waals surface area contributed by atoms with E-state index in [4.69, 9.17) is 5.73 Å². The zero-order valence-electron chi connectivity index (χ0n) is 14.1. The molecule has 2 fully saturated rings. The number of thiophene rings is 2. The first-order chi connectivity index (χ1) is 12.1. The summed E-state index contributed by atoms with van der Waals surface area (Å²) in [5.41, 5.74) is 6.08. The molecule has 25 heavy (non-hydrogen) atoms. The molecule has 0 unspecified atom stereocenters. The van der Waals surface area contributed by atoms with E-state index in [1.165, 1.54) is 9.40 Å². The summed E-state index contributed by atoms with van der Waals surface area (Å²) in [6.45, 7) is 2.50. The first-order valence-corrected chi connectivity index (χ1v) is 10.6. The van der Waals surface area contributed by atoms with Crippen molar-refractivity contribution >= 4 is 43.9 Å². The van der Waals surface area contributed by atoms with Crippen LogP contribution in [0.15, 0.2) is 17.5 Å². The Bertz CT molecular complexity index is 748. The Kier molecular flexibility index (Phi) is 4.80. The van der Waals surface area contributed by atoms with E-state index in [2.05, 4.69) is 11.4 Å². The highest BCUT2D eigenvalue weighted by Gasteiger charge is 2.30. The minimum atomic E-state index is 0.0957. The summed E-state index contributed by atoms with van der Waals surface area (Å²) in [6, 6.07) is 4.23. The second kappa shape index (κ2) is 7.05. The molecule has 5 nitrogen and oxygen atoms in total. The summed E-state index contributed by atoms with van der Waals surface area (Å²) in [5.74, 6) is 0.635. The molecule has 1 aliphatic heterocycles. The first kappa shape index (κ1) is 17.0. The normalized spacial score (nSPS) is 24.2. The standard InChI is InChI=1S/C18H23N3O2S2/c19-13-3-1-2-12(13)10-17(22)20-5-7-21(8-6-20)18(23)16-11-15-14(25-16)4-9-24-15/h4,9,11-13H,1-3,5-8,10,19H2/t12-,13+/m0/s1. The van der Waals surface area contributed by atoms with E-state index in [9.17, 15) is 9.59 Å². The fraction of sp³-hybridized carbons (Fsp3) is 0.556. The lowest BCUT2D eigenvalue weighted by molar-refractivity contribution is -0.133. The molecule has 0 aromatic carbocycles. The van der Waals surface area contributed by atoms with Crippen LogP contribution in [0.4, 0.5) is 0 Å². The van der Waals surface area contributed by atoms with Gasteiger partial charge in [-0.05, 0) is 36.3 Å². The molecule has 3 heterocycles. The highest BCUT2D eigenvalue weighted by atomic mass is 32.1. The fourth-order valence-electron chi connectivity index (χ4n) is 3.86. The van der Waals surface area contributed by atoms with Crippen molar-refractivity contribution in [1.82, 2.24) is 9.80 Å². The van der Waals surface area contributed by atoms with Crippen molar-refractivity contribution in [3.63, 3.8) is 0 Å². The van der Waals surface area contributed by atoms with Gasteiger partial charge in [0.05, 0.1) is 4.88 Å². The largest absolute Gasteiger partial charge is 0.339 e. The molecule has 2 aliphatic rings. The van der Waals surface area contributed by atoms with E-state index in [1.807, 2.05) is 15.9 Å². The van der Waals surface area contributed by atoms with Crippen LogP contribution >= 0.6 is 22.7 Å². The van der Waals surface area contributed by atoms with E-state index in [0.717, 1.165) is 24.1 Å². The van der Waals surface area contributed by atoms with Gasteiger partial charge in [0.15, 0.2) is 0 Å². The van der Waals surface area contributed by atoms with E-state index in [0.29, 0.717) is 38.5 Å². The van der Waals surface area contributed by atoms with Gasteiger partial charge in [-0.15, -0.1) is 22.7 Å². The Hall–Kier alpha value is -1.44. The fourth-order valence-corrected chi connectivity index (χ4v) is 5.93. The van der Waals surface area contributed by atoms with Crippen molar-refractivity contribution in [2.75, 3.05) is 26.2 Å². The summed E-state index contributed by atoms with van der Waals surface area (Å²) < 4.78 is 2.35. The maximum Gasteiger partial charge on any atom is 0.264 e. The van der Waals surface area contributed by atoms with Crippen molar-refractivity contribution in [2.45, 2.75) is 31.7 Å². The number of fused-ring (bicyclic) bond motifs is 1. The summed E-state index contributed by atoms with van der Waals surface area (Å²) >= 11 is 3.23. The van der Waals surface area contributed by atoms with E-state index in [1.54, 1.807) is 22.7 Å². The quantitative estimate of drug-likeness (QED) is 0.894. The maximum atomic E-state index is 12.7. The van der Waals surface area contributed by atoms with Crippen molar-refractivity contribution in [3.05, 3.63) is 22.4 Å². The number of carbonyl (C=O) groups excluding carboxylic acids is 2. The smallest absolute Gasteiger partial charge is 0.264 e. The van der Waals surface area contributed by atoms with Crippen LogP contribution in [0.5, 0.6) is 0 Å². The molecule has 1 saturated carbocycles. The molecule has 2 aromatic heterocycles. The minimum Gasteiger partial charge on any atom is -0.339 e. The van der Waals surface area contributed by atoms with Gasteiger partial charge < -0.3 is 15.5 Å². The number of hydrogen-bond donors (Lipinski definition) is 1. The number of rotatable bonds is 3. The molecule has 2 atom stereocenters. The molecule has 4 rings (SSSR count). The van der Waals surface area contributed by atoms with Crippen LogP contribution in [-0.4, -0.2) is 53.8 Å². The molecule has 0 bridgehead atoms. The van der Waals surface area contributed by atoms with Crippen LogP contribution in [0.25, 0.3) is 9.40 Å². The summed E-state index contributed by atoms with van der Waals surface area (Å²) in [4.78, 5) is 29.8. The first-order valence-electron chi connectivity index (χ1n) is 8.91. The Morgan fingerprint density at radius 3 is 2.56 bits per heavy atom. The number of amides is 2. The third kappa shape index (κ3) is 3.45. The maximum absolute atomic E-state index is 12.7. The van der Waals surface area contributed by atoms with E-state index < -0.39 is 0 Å². The lowest BCUT2D eigenvalue weighted by Crippen LogP contribution is -2.51. The second-order valence-corrected chi connectivity index (χ2v) is 9.02. The third-order valence-electron chi connectivity index (χ3n) is 5.42. The number of hydrogen-bond acceptors (Lipinski definition) is 5. The van der Waals surface area contributed by atoms with Crippen LogP contribution < -0.4 is 5.73 Å². The molecule has 2 amide bonds. The van der Waals surface area contributed by atoms with Gasteiger partial charge in [0.25, 0.3) is 5.91 Å². The zero-order chi connectivity index (χ0) is 17.4. The highest BCUT2D eigenvalue weighted by molar-refractivity contribution is 7.27. The molecule has 0 radical (unpaired) electrons. The van der Waals surface area contributed by atoms with Crippen LogP contribution in [0.1, 0.15) is 35.4 Å². The average Bonchev–Trinajstić information content (AvgIpc) is 3.31. The third-order valence-corrected chi connectivity index (χ3v) is 7.51. The number of piperazine rings is 1. The summed E-state index contributed by atoms with van der Waals surface area (Å²) in [5, 5.41) is 2.05. The topological polar surface area (TPSA) is 66.6 Å². The number of nitrogens with two attached hydrogens (primary N) is 1. The molecule has 1 aliphatic carbocycles. The predicted molar refractivity (Wildman–Crippen MR) is 102 cm³/mol. The van der Waals surface area contributed by atoms with Gasteiger partial charge in [-0.1, -0.05) is 6.42 Å². The lowest BCUT2D eigenvalue weighted by Gasteiger charge is -2.35. The summed E-state index contributed by atoms with van der Waals surface area (Å²) in [7, 11) is 0. The van der Waals surface area contributed by atoms with Crippen LogP contribution in [-0.2, 0) is 4.79 Å². The highest BCUT2D eigenvalue weighted by Crippen LogP contribution is 2.31. The Balaban J connectivity index is 1.32. The molecule has 0 spiro atoms. The van der Waals surface area contributed by atoms with Crippen LogP contribution in [0.2, 0.25) is 0 Å². The predicted octanol–water partition coefficient (Wildman–Crippen LogP) is 2.76. The van der Waals surface area contributed by atoms with Crippen LogP contribution in [0, 0.1) is 5.92 Å². The molecule has 2 N–H and O–H groups in total. The van der Waals surface area contributed by atoms with Gasteiger partial charge in [0.1, 0.15) is 0 Å². The van der Waals surface area contributed by atoms with E-state index >= 15 is 0 Å². The van der Waals surface area contributed by atoms with Gasteiger partial charge >= 0.3 is 0 Å². The second-order valence-electron chi connectivity index (χ2n) is 6.99. The SMILES string of the molecule is N[C@@H]1CCC[C@H]1CC(=O)N1CCN(C(=O)c2cc3sccc3s2)CC1. The van der Waals surface area contributed by atoms with Crippen LogP contribution in [0.3, 0.4) is 0 Å². The lowest BCUT2D eigenvalue weighted by atomic mass is 9.99. The molecule has 7 heteroatoms. The molecule has 1 saturated heterocycles. The molecule has 134 valence electrons. The summed E-state index contributed by atoms with van der Waals surface area (Å²) in [6.07, 6.45) is 3.81. The van der Waals surface area contributed by atoms with Crippen molar-refractivity contribution < 1.29 is 9.59 Å². The van der Waals surface area contributed by atoms with Gasteiger partial charge in [-0.2, -0.15) is 0 Å². The Labute approximate surface area is 155 Å². The monoisotopic (exact) mass is 377 g/mol. The molecule has 2 aromatic rings. The Morgan fingerprint density at radius 2 is 1.88 bits per heavy atom. The van der Waals surface area contributed by atoms with Gasteiger partial charge in [-0.25, -0.2) is 0 Å². The van der Waals surface area contributed by atoms with Gasteiger partial charge in [0.2, 0.25) is 5.91 Å². The average molecular weight is 378 g/mol. The van der Waals surface area contributed by atoms with Gasteiger partial charge in [-0.3, -0.25) is 9.59 Å². The van der Waals surface area contributed by atoms with Crippen molar-refractivity contribution in [3.8, 4) is 0 Å². The number of nitrogens with zero attached hydrogens (tertiary/aromatic N) is 2. The molecular weight excluding hydrogens is 354 g/mol. The van der Waals surface area contributed by atoms with E-state index in [-0.39, 0.29) is 17.9 Å². The Morgan fingerprint density at radius 1 is 1.12 bits per heavy atom. The minimum absolute atomic E-state index is 0.0957. The molecular formula is C18H23N3O2S2.